The summed E-state index contributed by atoms with van der Waals surface area (Å²) < 4.78 is 5.35. The van der Waals surface area contributed by atoms with E-state index in [4.69, 9.17) is 9.84 Å². The maximum absolute atomic E-state index is 11.9. The third-order valence-corrected chi connectivity index (χ3v) is 3.56. The third-order valence-electron chi connectivity index (χ3n) is 3.56. The lowest BCUT2D eigenvalue weighted by molar-refractivity contribution is -0.149. The second-order valence-corrected chi connectivity index (χ2v) is 6.18. The number of rotatable bonds is 5. The van der Waals surface area contributed by atoms with Crippen LogP contribution in [-0.4, -0.2) is 54.7 Å². The highest BCUT2D eigenvalue weighted by Gasteiger charge is 2.31. The van der Waals surface area contributed by atoms with Crippen molar-refractivity contribution in [1.82, 2.24) is 10.2 Å². The van der Waals surface area contributed by atoms with E-state index < -0.39 is 23.3 Å². The highest BCUT2D eigenvalue weighted by molar-refractivity contribution is 5.96. The number of carbonyl (C=O) groups is 3. The van der Waals surface area contributed by atoms with Crippen molar-refractivity contribution in [2.24, 2.45) is 11.3 Å². The molecule has 0 aromatic carbocycles. The van der Waals surface area contributed by atoms with Crippen LogP contribution in [-0.2, 0) is 14.3 Å². The van der Waals surface area contributed by atoms with Crippen LogP contribution in [0, 0.1) is 11.3 Å². The van der Waals surface area contributed by atoms with Crippen molar-refractivity contribution in [2.75, 3.05) is 26.8 Å². The standard InChI is InChI=1S/C14H24N2O5/c1-14(2,12(18)19)7-11(17)15-13(20)16(3)8-10-5-4-6-21-9-10/h10H,4-9H2,1-3H3,(H,18,19)(H,15,17,20). The maximum Gasteiger partial charge on any atom is 0.323 e. The summed E-state index contributed by atoms with van der Waals surface area (Å²) in [4.78, 5) is 36.0. The van der Waals surface area contributed by atoms with Crippen LogP contribution in [0.4, 0.5) is 4.79 Å². The first-order valence-corrected chi connectivity index (χ1v) is 7.08. The van der Waals surface area contributed by atoms with E-state index in [0.29, 0.717) is 13.2 Å². The lowest BCUT2D eigenvalue weighted by Gasteiger charge is -2.27. The van der Waals surface area contributed by atoms with E-state index in [1.807, 2.05) is 0 Å². The predicted molar refractivity (Wildman–Crippen MR) is 75.7 cm³/mol. The summed E-state index contributed by atoms with van der Waals surface area (Å²) in [6.07, 6.45) is 1.73. The molecule has 0 spiro atoms. The molecule has 7 heteroatoms. The van der Waals surface area contributed by atoms with Gasteiger partial charge < -0.3 is 14.7 Å². The molecule has 0 saturated carbocycles. The maximum atomic E-state index is 11.9. The number of hydrogen-bond donors (Lipinski definition) is 2. The summed E-state index contributed by atoms with van der Waals surface area (Å²) >= 11 is 0. The van der Waals surface area contributed by atoms with E-state index in [1.54, 1.807) is 7.05 Å². The zero-order chi connectivity index (χ0) is 16.0. The smallest absolute Gasteiger partial charge is 0.323 e. The van der Waals surface area contributed by atoms with Gasteiger partial charge in [0.2, 0.25) is 5.91 Å². The van der Waals surface area contributed by atoms with Gasteiger partial charge in [0, 0.05) is 32.5 Å². The predicted octanol–water partition coefficient (Wildman–Crippen LogP) is 1.08. The minimum Gasteiger partial charge on any atom is -0.481 e. The Labute approximate surface area is 124 Å². The van der Waals surface area contributed by atoms with Gasteiger partial charge in [0.25, 0.3) is 0 Å². The van der Waals surface area contributed by atoms with Gasteiger partial charge in [-0.2, -0.15) is 0 Å². The van der Waals surface area contributed by atoms with Crippen molar-refractivity contribution in [3.8, 4) is 0 Å². The van der Waals surface area contributed by atoms with Gasteiger partial charge in [-0.05, 0) is 26.7 Å². The van der Waals surface area contributed by atoms with Gasteiger partial charge in [0.15, 0.2) is 0 Å². The molecular formula is C14H24N2O5. The van der Waals surface area contributed by atoms with Crippen molar-refractivity contribution in [3.63, 3.8) is 0 Å². The van der Waals surface area contributed by atoms with E-state index in [9.17, 15) is 14.4 Å². The molecular weight excluding hydrogens is 276 g/mol. The summed E-state index contributed by atoms with van der Waals surface area (Å²) in [5.74, 6) is -1.38. The van der Waals surface area contributed by atoms with E-state index in [-0.39, 0.29) is 12.3 Å². The van der Waals surface area contributed by atoms with E-state index in [0.717, 1.165) is 19.4 Å². The zero-order valence-corrected chi connectivity index (χ0v) is 12.8. The Morgan fingerprint density at radius 3 is 2.57 bits per heavy atom. The molecule has 1 rings (SSSR count). The topological polar surface area (TPSA) is 95.9 Å². The highest BCUT2D eigenvalue weighted by Crippen LogP contribution is 2.20. The average molecular weight is 300 g/mol. The number of nitrogens with one attached hydrogen (secondary N) is 1. The second-order valence-electron chi connectivity index (χ2n) is 6.18. The Bertz CT molecular complexity index is 402. The fourth-order valence-corrected chi connectivity index (χ4v) is 2.16. The molecule has 1 fully saturated rings. The molecule has 0 radical (unpaired) electrons. The number of imide groups is 1. The van der Waals surface area contributed by atoms with Crippen molar-refractivity contribution >= 4 is 17.9 Å². The van der Waals surface area contributed by atoms with Crippen LogP contribution in [0.1, 0.15) is 33.1 Å². The largest absolute Gasteiger partial charge is 0.481 e. The van der Waals surface area contributed by atoms with E-state index >= 15 is 0 Å². The van der Waals surface area contributed by atoms with Crippen LogP contribution < -0.4 is 5.32 Å². The molecule has 0 bridgehead atoms. The van der Waals surface area contributed by atoms with Crippen LogP contribution in [0.2, 0.25) is 0 Å². The van der Waals surface area contributed by atoms with Gasteiger partial charge >= 0.3 is 12.0 Å². The molecule has 1 aliphatic rings. The van der Waals surface area contributed by atoms with Gasteiger partial charge in [-0.1, -0.05) is 0 Å². The Morgan fingerprint density at radius 2 is 2.05 bits per heavy atom. The molecule has 0 aliphatic carbocycles. The molecule has 1 unspecified atom stereocenters. The average Bonchev–Trinajstić information content (AvgIpc) is 2.38. The fraction of sp³-hybridized carbons (Fsp3) is 0.786. The number of ether oxygens (including phenoxy) is 1. The van der Waals surface area contributed by atoms with Crippen LogP contribution >= 0.6 is 0 Å². The highest BCUT2D eigenvalue weighted by atomic mass is 16.5. The quantitative estimate of drug-likeness (QED) is 0.792. The lowest BCUT2D eigenvalue weighted by atomic mass is 9.89. The lowest BCUT2D eigenvalue weighted by Crippen LogP contribution is -2.45. The first-order valence-electron chi connectivity index (χ1n) is 7.08. The van der Waals surface area contributed by atoms with Gasteiger partial charge in [-0.25, -0.2) is 4.79 Å². The van der Waals surface area contributed by atoms with Gasteiger partial charge in [-0.3, -0.25) is 14.9 Å². The third kappa shape index (κ3) is 5.71. The molecule has 1 aliphatic heterocycles. The number of nitrogens with zero attached hydrogens (tertiary/aromatic N) is 1. The molecule has 21 heavy (non-hydrogen) atoms. The van der Waals surface area contributed by atoms with E-state index in [1.165, 1.54) is 18.7 Å². The minimum atomic E-state index is -1.19. The van der Waals surface area contributed by atoms with Gasteiger partial charge in [0.05, 0.1) is 12.0 Å². The summed E-state index contributed by atoms with van der Waals surface area (Å²) in [6.45, 7) is 4.79. The molecule has 7 nitrogen and oxygen atoms in total. The van der Waals surface area contributed by atoms with Crippen LogP contribution in [0.5, 0.6) is 0 Å². The van der Waals surface area contributed by atoms with Crippen LogP contribution in [0.15, 0.2) is 0 Å². The Hall–Kier alpha value is -1.63. The SMILES string of the molecule is CN(CC1CCCOC1)C(=O)NC(=O)CC(C)(C)C(=O)O. The number of urea groups is 1. The first kappa shape index (κ1) is 17.4. The number of amides is 3. The van der Waals surface area contributed by atoms with E-state index in [2.05, 4.69) is 5.32 Å². The molecule has 0 aromatic heterocycles. The molecule has 3 amide bonds. The first-order chi connectivity index (χ1) is 9.72. The Morgan fingerprint density at radius 1 is 1.38 bits per heavy atom. The van der Waals surface area contributed by atoms with Gasteiger partial charge in [0.1, 0.15) is 0 Å². The number of carbonyl (C=O) groups excluding carboxylic acids is 2. The summed E-state index contributed by atoms with van der Waals surface area (Å²) in [6, 6.07) is -0.508. The molecule has 1 saturated heterocycles. The van der Waals surface area contributed by atoms with Crippen molar-refractivity contribution < 1.29 is 24.2 Å². The molecule has 1 heterocycles. The molecule has 1 atom stereocenters. The van der Waals surface area contributed by atoms with Crippen molar-refractivity contribution in [2.45, 2.75) is 33.1 Å². The summed E-state index contributed by atoms with van der Waals surface area (Å²) in [5.41, 5.74) is -1.19. The summed E-state index contributed by atoms with van der Waals surface area (Å²) in [7, 11) is 1.61. The Balaban J connectivity index is 2.40. The molecule has 120 valence electrons. The van der Waals surface area contributed by atoms with Crippen LogP contribution in [0.3, 0.4) is 0 Å². The number of carboxylic acid groups (broad SMARTS) is 1. The normalized spacial score (nSPS) is 18.9. The number of hydrogen-bond acceptors (Lipinski definition) is 4. The minimum absolute atomic E-state index is 0.242. The number of aliphatic carboxylic acids is 1. The van der Waals surface area contributed by atoms with Crippen LogP contribution in [0.25, 0.3) is 0 Å². The van der Waals surface area contributed by atoms with Crippen molar-refractivity contribution in [3.05, 3.63) is 0 Å². The number of carboxylic acids is 1. The zero-order valence-electron chi connectivity index (χ0n) is 12.8. The fourth-order valence-electron chi connectivity index (χ4n) is 2.16. The second kappa shape index (κ2) is 7.40. The van der Waals surface area contributed by atoms with Crippen molar-refractivity contribution in [1.29, 1.82) is 0 Å². The monoisotopic (exact) mass is 300 g/mol. The molecule has 0 aromatic rings. The Kier molecular flexibility index (Phi) is 6.14. The summed E-state index contributed by atoms with van der Waals surface area (Å²) in [5, 5.41) is 11.2. The van der Waals surface area contributed by atoms with Gasteiger partial charge in [-0.15, -0.1) is 0 Å². The molecule has 2 N–H and O–H groups in total.